The van der Waals surface area contributed by atoms with Crippen molar-refractivity contribution in [3.05, 3.63) is 29.3 Å². The second-order valence-electron chi connectivity index (χ2n) is 4.22. The molecule has 1 aromatic carbocycles. The number of anilines is 1. The zero-order valence-corrected chi connectivity index (χ0v) is 9.34. The van der Waals surface area contributed by atoms with Crippen LogP contribution in [0.2, 0.25) is 0 Å². The van der Waals surface area contributed by atoms with Crippen molar-refractivity contribution in [3.63, 3.8) is 0 Å². The van der Waals surface area contributed by atoms with E-state index in [-0.39, 0.29) is 11.7 Å². The average molecular weight is 203 g/mol. The molecule has 15 heavy (non-hydrogen) atoms. The molecule has 0 aromatic heterocycles. The third-order valence-electron chi connectivity index (χ3n) is 3.16. The molecular weight excluding hydrogens is 186 g/mol. The molecule has 2 heteroatoms. The van der Waals surface area contributed by atoms with Gasteiger partial charge in [-0.15, -0.1) is 0 Å². The van der Waals surface area contributed by atoms with E-state index in [1.54, 1.807) is 0 Å². The molecular formula is C13H17NO. The Kier molecular flexibility index (Phi) is 2.76. The Bertz CT molecular complexity index is 384. The van der Waals surface area contributed by atoms with E-state index in [0.717, 1.165) is 24.9 Å². The third-order valence-corrected chi connectivity index (χ3v) is 3.16. The fraction of sp³-hybridized carbons (Fsp3) is 0.462. The highest BCUT2D eigenvalue weighted by Gasteiger charge is 2.16. The van der Waals surface area contributed by atoms with Crippen molar-refractivity contribution in [2.45, 2.75) is 26.7 Å². The molecule has 1 N–H and O–H groups in total. The van der Waals surface area contributed by atoms with Crippen LogP contribution in [0.1, 0.15) is 36.2 Å². The van der Waals surface area contributed by atoms with Gasteiger partial charge in [0, 0.05) is 23.7 Å². The molecule has 0 fully saturated rings. The van der Waals surface area contributed by atoms with Crippen LogP contribution < -0.4 is 5.32 Å². The third kappa shape index (κ3) is 1.89. The first kappa shape index (κ1) is 10.2. The summed E-state index contributed by atoms with van der Waals surface area (Å²) in [5.41, 5.74) is 3.34. The maximum Gasteiger partial charge on any atom is 0.165 e. The largest absolute Gasteiger partial charge is 0.384 e. The first-order valence-electron chi connectivity index (χ1n) is 5.63. The molecule has 0 amide bonds. The molecule has 2 rings (SSSR count). The lowest BCUT2D eigenvalue weighted by atomic mass is 9.95. The summed E-state index contributed by atoms with van der Waals surface area (Å²) in [4.78, 5) is 12.0. The van der Waals surface area contributed by atoms with Crippen LogP contribution in [0.5, 0.6) is 0 Å². The zero-order valence-electron chi connectivity index (χ0n) is 9.34. The lowest BCUT2D eigenvalue weighted by Crippen LogP contribution is -2.10. The van der Waals surface area contributed by atoms with E-state index in [1.807, 2.05) is 25.1 Å². The monoisotopic (exact) mass is 203 g/mol. The van der Waals surface area contributed by atoms with Gasteiger partial charge in [-0.3, -0.25) is 4.79 Å². The Hall–Kier alpha value is -1.31. The number of hydrogen-bond donors (Lipinski definition) is 1. The second kappa shape index (κ2) is 4.05. The molecule has 1 aliphatic rings. The molecule has 1 heterocycles. The molecule has 1 atom stereocenters. The standard InChI is InChI=1S/C13H17NO/c1-3-9(2)13(15)11-4-5-12-10(8-11)6-7-14-12/h4-5,8-9,14H,3,6-7H2,1-2H3/t9-/m0/s1. The first-order valence-corrected chi connectivity index (χ1v) is 5.63. The number of hydrogen-bond acceptors (Lipinski definition) is 2. The van der Waals surface area contributed by atoms with Crippen molar-refractivity contribution in [1.82, 2.24) is 0 Å². The fourth-order valence-corrected chi connectivity index (χ4v) is 1.93. The van der Waals surface area contributed by atoms with Crippen LogP contribution in [0.3, 0.4) is 0 Å². The van der Waals surface area contributed by atoms with E-state index >= 15 is 0 Å². The molecule has 0 radical (unpaired) electrons. The van der Waals surface area contributed by atoms with Gasteiger partial charge >= 0.3 is 0 Å². The lowest BCUT2D eigenvalue weighted by molar-refractivity contribution is 0.0927. The summed E-state index contributed by atoms with van der Waals surface area (Å²) in [6, 6.07) is 6.01. The molecule has 1 aliphatic heterocycles. The highest BCUT2D eigenvalue weighted by Crippen LogP contribution is 2.24. The number of Topliss-reactive ketones (excluding diaryl/α,β-unsaturated/α-hetero) is 1. The van der Waals surface area contributed by atoms with Crippen molar-refractivity contribution < 1.29 is 4.79 Å². The van der Waals surface area contributed by atoms with Gasteiger partial charge in [0.1, 0.15) is 0 Å². The maximum atomic E-state index is 12.0. The number of carbonyl (C=O) groups excluding carboxylic acids is 1. The summed E-state index contributed by atoms with van der Waals surface area (Å²) >= 11 is 0. The highest BCUT2D eigenvalue weighted by atomic mass is 16.1. The minimum Gasteiger partial charge on any atom is -0.384 e. The molecule has 0 aliphatic carbocycles. The van der Waals surface area contributed by atoms with Gasteiger partial charge in [-0.1, -0.05) is 13.8 Å². The topological polar surface area (TPSA) is 29.1 Å². The lowest BCUT2D eigenvalue weighted by Gasteiger charge is -2.08. The van der Waals surface area contributed by atoms with Crippen LogP contribution in [0.15, 0.2) is 18.2 Å². The number of benzene rings is 1. The first-order chi connectivity index (χ1) is 7.22. The minimum absolute atomic E-state index is 0.136. The van der Waals surface area contributed by atoms with Gasteiger partial charge in [0.15, 0.2) is 5.78 Å². The molecule has 1 aromatic rings. The highest BCUT2D eigenvalue weighted by molar-refractivity contribution is 5.98. The van der Waals surface area contributed by atoms with Crippen LogP contribution in [0.4, 0.5) is 5.69 Å². The maximum absolute atomic E-state index is 12.0. The van der Waals surface area contributed by atoms with E-state index in [1.165, 1.54) is 11.3 Å². The Morgan fingerprint density at radius 3 is 3.07 bits per heavy atom. The smallest absolute Gasteiger partial charge is 0.165 e. The van der Waals surface area contributed by atoms with Gasteiger partial charge in [-0.05, 0) is 36.6 Å². The second-order valence-corrected chi connectivity index (χ2v) is 4.22. The molecule has 0 bridgehead atoms. The summed E-state index contributed by atoms with van der Waals surface area (Å²) in [5, 5.41) is 3.30. The van der Waals surface area contributed by atoms with Crippen molar-refractivity contribution in [2.24, 2.45) is 5.92 Å². The molecule has 2 nitrogen and oxygen atoms in total. The molecule has 80 valence electrons. The van der Waals surface area contributed by atoms with E-state index in [9.17, 15) is 4.79 Å². The quantitative estimate of drug-likeness (QED) is 0.765. The van der Waals surface area contributed by atoms with E-state index in [0.29, 0.717) is 0 Å². The minimum atomic E-state index is 0.136. The zero-order chi connectivity index (χ0) is 10.8. The number of carbonyl (C=O) groups is 1. The predicted molar refractivity (Wildman–Crippen MR) is 62.4 cm³/mol. The summed E-state index contributed by atoms with van der Waals surface area (Å²) in [5.74, 6) is 0.407. The summed E-state index contributed by atoms with van der Waals surface area (Å²) in [7, 11) is 0. The summed E-state index contributed by atoms with van der Waals surface area (Å²) in [6.45, 7) is 5.04. The van der Waals surface area contributed by atoms with Crippen molar-refractivity contribution in [2.75, 3.05) is 11.9 Å². The number of nitrogens with one attached hydrogen (secondary N) is 1. The number of fused-ring (bicyclic) bond motifs is 1. The molecule has 0 spiro atoms. The van der Waals surface area contributed by atoms with E-state index in [4.69, 9.17) is 0 Å². The van der Waals surface area contributed by atoms with Gasteiger partial charge in [-0.25, -0.2) is 0 Å². The van der Waals surface area contributed by atoms with Crippen molar-refractivity contribution in [3.8, 4) is 0 Å². The Morgan fingerprint density at radius 2 is 2.33 bits per heavy atom. The van der Waals surface area contributed by atoms with Gasteiger partial charge in [-0.2, -0.15) is 0 Å². The van der Waals surface area contributed by atoms with Crippen LogP contribution in [0, 0.1) is 5.92 Å². The van der Waals surface area contributed by atoms with Gasteiger partial charge in [0.2, 0.25) is 0 Å². The van der Waals surface area contributed by atoms with Crippen molar-refractivity contribution >= 4 is 11.5 Å². The molecule has 0 unspecified atom stereocenters. The fourth-order valence-electron chi connectivity index (χ4n) is 1.93. The normalized spacial score (nSPS) is 15.6. The van der Waals surface area contributed by atoms with Crippen molar-refractivity contribution in [1.29, 1.82) is 0 Å². The SMILES string of the molecule is CC[C@H](C)C(=O)c1ccc2c(c1)CCN2. The van der Waals surface area contributed by atoms with Crippen LogP contribution in [-0.2, 0) is 6.42 Å². The number of ketones is 1. The Balaban J connectivity index is 2.26. The summed E-state index contributed by atoms with van der Waals surface area (Å²) < 4.78 is 0. The van der Waals surface area contributed by atoms with Gasteiger partial charge in [0.25, 0.3) is 0 Å². The summed E-state index contributed by atoms with van der Waals surface area (Å²) in [6.07, 6.45) is 1.95. The van der Waals surface area contributed by atoms with Gasteiger partial charge < -0.3 is 5.32 Å². The van der Waals surface area contributed by atoms with E-state index in [2.05, 4.69) is 12.2 Å². The number of rotatable bonds is 3. The molecule has 0 saturated carbocycles. The predicted octanol–water partition coefficient (Wildman–Crippen LogP) is 2.88. The Morgan fingerprint density at radius 1 is 1.53 bits per heavy atom. The van der Waals surface area contributed by atoms with Crippen LogP contribution in [0.25, 0.3) is 0 Å². The van der Waals surface area contributed by atoms with E-state index < -0.39 is 0 Å². The van der Waals surface area contributed by atoms with Crippen LogP contribution >= 0.6 is 0 Å². The molecule has 0 saturated heterocycles. The van der Waals surface area contributed by atoms with Gasteiger partial charge in [0.05, 0.1) is 0 Å². The Labute approximate surface area is 90.7 Å². The van der Waals surface area contributed by atoms with Crippen LogP contribution in [-0.4, -0.2) is 12.3 Å². The average Bonchev–Trinajstić information content (AvgIpc) is 2.73.